The van der Waals surface area contributed by atoms with Gasteiger partial charge in [0.1, 0.15) is 28.7 Å². The van der Waals surface area contributed by atoms with E-state index in [0.29, 0.717) is 26.1 Å². The number of halogens is 3. The summed E-state index contributed by atoms with van der Waals surface area (Å²) in [7, 11) is 2.99. The number of primary amides is 1. The molecule has 6 atom stereocenters. The Morgan fingerprint density at radius 1 is 1.24 bits per heavy atom. The van der Waals surface area contributed by atoms with Gasteiger partial charge in [-0.2, -0.15) is 0 Å². The van der Waals surface area contributed by atoms with Gasteiger partial charge in [0.25, 0.3) is 12.3 Å². The van der Waals surface area contributed by atoms with Crippen LogP contribution in [-0.4, -0.2) is 113 Å². The van der Waals surface area contributed by atoms with Crippen LogP contribution < -0.4 is 16.4 Å². The molecule has 0 spiro atoms. The molecule has 15 heteroatoms. The summed E-state index contributed by atoms with van der Waals surface area (Å²) in [5.74, 6) is -8.74. The molecule has 0 bridgehead atoms. The van der Waals surface area contributed by atoms with Crippen LogP contribution in [0.4, 0.5) is 18.9 Å². The standard InChI is InChI=1S/C30H36F3N5O7/c1-37(2)23-14-8-12-7-13-17(24(39)16(12)27(42)30(14,45)28(43)19(26(23)41)29(34)44)25(40)21-18(20(13)33)22-11(9-36-21)3-5-38(22)6-4-35-10-15(31)32/h11-12,14-15,22-23,35-36,39-40,43,45H,3-10H2,1-2H3,(H2,34,44)/t11-,12-,14-,22-,23-,30-/m0/s1. The molecule has 2 fully saturated rings. The number of anilines is 1. The largest absolute Gasteiger partial charge is 0.508 e. The van der Waals surface area contributed by atoms with Crippen molar-refractivity contribution in [2.45, 2.75) is 43.4 Å². The molecule has 0 radical (unpaired) electrons. The number of aromatic hydroxyl groups is 1. The number of phenolic OH excluding ortho intramolecular Hbond substituents is 1. The Balaban J connectivity index is 1.45. The highest BCUT2D eigenvalue weighted by Crippen LogP contribution is 2.56. The smallest absolute Gasteiger partial charge is 0.255 e. The molecule has 1 aromatic rings. The number of likely N-dealkylation sites (N-methyl/N-ethyl adjacent to an activating group) is 1. The Bertz CT molecular complexity index is 1560. The van der Waals surface area contributed by atoms with E-state index in [1.807, 2.05) is 4.90 Å². The molecule has 8 N–H and O–H groups in total. The highest BCUT2D eigenvalue weighted by Gasteiger charge is 2.64. The minimum atomic E-state index is -2.79. The van der Waals surface area contributed by atoms with Crippen LogP contribution in [0, 0.1) is 23.6 Å². The van der Waals surface area contributed by atoms with Gasteiger partial charge in [-0.1, -0.05) is 0 Å². The predicted octanol–water partition coefficient (Wildman–Crippen LogP) is 0.746. The summed E-state index contributed by atoms with van der Waals surface area (Å²) in [5.41, 5.74) is 1.16. The lowest BCUT2D eigenvalue weighted by atomic mass is 9.57. The number of nitrogens with one attached hydrogen (secondary N) is 2. The molecule has 5 aliphatic rings. The maximum Gasteiger partial charge on any atom is 0.255 e. The number of rotatable bonds is 7. The first kappa shape index (κ1) is 31.3. The van der Waals surface area contributed by atoms with Gasteiger partial charge in [0.2, 0.25) is 5.78 Å². The molecule has 244 valence electrons. The third-order valence-corrected chi connectivity index (χ3v) is 10.2. The van der Waals surface area contributed by atoms with Crippen LogP contribution in [0.2, 0.25) is 0 Å². The number of hydrogen-bond acceptors (Lipinski definition) is 11. The van der Waals surface area contributed by atoms with Crippen molar-refractivity contribution < 1.29 is 48.0 Å². The predicted molar refractivity (Wildman–Crippen MR) is 154 cm³/mol. The number of nitrogens with two attached hydrogens (primary N) is 1. The van der Waals surface area contributed by atoms with Crippen LogP contribution >= 0.6 is 0 Å². The molecule has 0 aromatic heterocycles. The van der Waals surface area contributed by atoms with Gasteiger partial charge in [0.15, 0.2) is 11.4 Å². The molecule has 0 unspecified atom stereocenters. The molecule has 2 aliphatic heterocycles. The summed E-state index contributed by atoms with van der Waals surface area (Å²) in [4.78, 5) is 42.9. The van der Waals surface area contributed by atoms with Crippen molar-refractivity contribution in [3.8, 4) is 5.75 Å². The highest BCUT2D eigenvalue weighted by molar-refractivity contribution is 6.24. The first-order chi connectivity index (χ1) is 21.2. The average molecular weight is 636 g/mol. The number of fused-ring (bicyclic) bond motifs is 6. The van der Waals surface area contributed by atoms with Crippen LogP contribution in [0.25, 0.3) is 5.76 Å². The van der Waals surface area contributed by atoms with E-state index < -0.39 is 88.6 Å². The Hall–Kier alpha value is -3.66. The quantitative estimate of drug-likeness (QED) is 0.127. The Morgan fingerprint density at radius 2 is 1.96 bits per heavy atom. The number of aliphatic hydroxyl groups excluding tert-OH is 2. The maximum atomic E-state index is 16.7. The molecular formula is C30H36F3N5O7. The summed E-state index contributed by atoms with van der Waals surface area (Å²) < 4.78 is 41.9. The SMILES string of the molecule is CN(C)[C@@H]1C(=O)C(C(N)=O)=C(O)[C@@]2(O)C(=O)C3=C(O)c4c(O)c5c(c(F)c4C[C@H]3C[C@@H]12)[C@@H]1[C@@H](CCN1CCNCC(F)F)CN5. The number of likely N-dealkylation sites (tertiary alicyclic amines) is 1. The lowest BCUT2D eigenvalue weighted by molar-refractivity contribution is -0.153. The molecule has 45 heavy (non-hydrogen) atoms. The second kappa shape index (κ2) is 11.0. The van der Waals surface area contributed by atoms with E-state index in [9.17, 15) is 43.6 Å². The first-order valence-electron chi connectivity index (χ1n) is 14.9. The maximum absolute atomic E-state index is 16.7. The van der Waals surface area contributed by atoms with E-state index in [2.05, 4.69) is 10.6 Å². The number of phenols is 1. The summed E-state index contributed by atoms with van der Waals surface area (Å²) in [6.45, 7) is 1.10. The van der Waals surface area contributed by atoms with Crippen LogP contribution in [0.3, 0.4) is 0 Å². The second-order valence-electron chi connectivity index (χ2n) is 12.8. The van der Waals surface area contributed by atoms with Gasteiger partial charge in [-0.05, 0) is 51.7 Å². The second-order valence-corrected chi connectivity index (χ2v) is 12.8. The fourth-order valence-electron chi connectivity index (χ4n) is 8.29. The molecule has 1 aromatic carbocycles. The first-order valence-corrected chi connectivity index (χ1v) is 14.9. The summed E-state index contributed by atoms with van der Waals surface area (Å²) in [5, 5.41) is 51.5. The number of carbonyl (C=O) groups is 3. The van der Waals surface area contributed by atoms with Crippen molar-refractivity contribution in [1.82, 2.24) is 15.1 Å². The molecule has 1 amide bonds. The van der Waals surface area contributed by atoms with Crippen LogP contribution in [0.1, 0.15) is 35.6 Å². The number of benzene rings is 1. The van der Waals surface area contributed by atoms with Crippen LogP contribution in [-0.2, 0) is 20.8 Å². The summed E-state index contributed by atoms with van der Waals surface area (Å²) in [6, 6.07) is -1.72. The van der Waals surface area contributed by atoms with Crippen molar-refractivity contribution in [1.29, 1.82) is 0 Å². The van der Waals surface area contributed by atoms with Gasteiger partial charge >= 0.3 is 0 Å². The van der Waals surface area contributed by atoms with E-state index in [0.717, 1.165) is 0 Å². The minimum absolute atomic E-state index is 0.0302. The van der Waals surface area contributed by atoms with Gasteiger partial charge in [-0.25, -0.2) is 13.2 Å². The number of ketones is 2. The van der Waals surface area contributed by atoms with Gasteiger partial charge in [-0.15, -0.1) is 0 Å². The summed E-state index contributed by atoms with van der Waals surface area (Å²) in [6.07, 6.45) is -2.13. The zero-order chi connectivity index (χ0) is 32.7. The number of carbonyl (C=O) groups excluding carboxylic acids is 3. The van der Waals surface area contributed by atoms with Crippen molar-refractivity contribution in [2.75, 3.05) is 52.1 Å². The Morgan fingerprint density at radius 3 is 2.60 bits per heavy atom. The lowest BCUT2D eigenvalue weighted by Gasteiger charge is -2.50. The number of aliphatic hydroxyl groups is 3. The Labute approximate surface area is 256 Å². The molecular weight excluding hydrogens is 599 g/mol. The van der Waals surface area contributed by atoms with Crippen LogP contribution in [0.5, 0.6) is 5.75 Å². The molecule has 12 nitrogen and oxygen atoms in total. The van der Waals surface area contributed by atoms with Crippen molar-refractivity contribution in [2.24, 2.45) is 23.5 Å². The topological polar surface area (TPSA) is 189 Å². The fourth-order valence-corrected chi connectivity index (χ4v) is 8.29. The Kier molecular flexibility index (Phi) is 7.66. The third-order valence-electron chi connectivity index (χ3n) is 10.2. The van der Waals surface area contributed by atoms with E-state index in [4.69, 9.17) is 5.73 Å². The highest BCUT2D eigenvalue weighted by atomic mass is 19.3. The van der Waals surface area contributed by atoms with Gasteiger partial charge in [0.05, 0.1) is 23.8 Å². The molecule has 2 heterocycles. The monoisotopic (exact) mass is 635 g/mol. The van der Waals surface area contributed by atoms with Gasteiger partial charge < -0.3 is 36.8 Å². The van der Waals surface area contributed by atoms with Gasteiger partial charge in [0, 0.05) is 48.3 Å². The van der Waals surface area contributed by atoms with Gasteiger partial charge in [-0.3, -0.25) is 24.2 Å². The number of amides is 1. The van der Waals surface area contributed by atoms with Crippen molar-refractivity contribution >= 4 is 28.9 Å². The van der Waals surface area contributed by atoms with E-state index in [-0.39, 0.29) is 53.3 Å². The van der Waals surface area contributed by atoms with E-state index in [1.54, 1.807) is 0 Å². The molecule has 6 rings (SSSR count). The number of hydrogen-bond donors (Lipinski definition) is 7. The van der Waals surface area contributed by atoms with E-state index >= 15 is 4.39 Å². The average Bonchev–Trinajstić information content (AvgIpc) is 3.38. The third kappa shape index (κ3) is 4.46. The minimum Gasteiger partial charge on any atom is -0.508 e. The van der Waals surface area contributed by atoms with Crippen molar-refractivity contribution in [3.05, 3.63) is 39.4 Å². The molecule has 1 saturated heterocycles. The molecule has 3 aliphatic carbocycles. The normalized spacial score (nSPS) is 31.1. The number of alkyl halides is 2. The summed E-state index contributed by atoms with van der Waals surface area (Å²) >= 11 is 0. The van der Waals surface area contributed by atoms with Crippen LogP contribution in [0.15, 0.2) is 16.9 Å². The number of nitrogens with zero attached hydrogens (tertiary/aromatic N) is 2. The zero-order valence-electron chi connectivity index (χ0n) is 24.7. The zero-order valence-corrected chi connectivity index (χ0v) is 24.7. The van der Waals surface area contributed by atoms with E-state index in [1.165, 1.54) is 19.0 Å². The lowest BCUT2D eigenvalue weighted by Crippen LogP contribution is -2.65. The molecule has 1 saturated carbocycles. The fraction of sp³-hybridized carbons (Fsp3) is 0.567. The number of Topliss-reactive ketones (excluding diaryl/α,β-unsaturated/α-hetero) is 2. The van der Waals surface area contributed by atoms with Crippen molar-refractivity contribution in [3.63, 3.8) is 0 Å².